The minimum Gasteiger partial charge on any atom is -0.469 e. The highest BCUT2D eigenvalue weighted by atomic mass is 35.5. The van der Waals surface area contributed by atoms with Crippen molar-refractivity contribution in [3.8, 4) is 0 Å². The summed E-state index contributed by atoms with van der Waals surface area (Å²) in [4.78, 5) is 34.7. The van der Waals surface area contributed by atoms with Crippen molar-refractivity contribution in [2.24, 2.45) is 0 Å². The molecule has 10 heteroatoms. The Labute approximate surface area is 165 Å². The van der Waals surface area contributed by atoms with Crippen LogP contribution in [0.4, 0.5) is 5.69 Å². The SMILES string of the molecule is COC(=O)CCCNC(=O)C1(C(=O)Nc2cc(Cl)cc(Cl)c2)OCCS1. The second-order valence-corrected chi connectivity index (χ2v) is 7.51. The number of esters is 1. The van der Waals surface area contributed by atoms with E-state index >= 15 is 0 Å². The molecule has 2 amide bonds. The number of hydrogen-bond donors (Lipinski definition) is 2. The number of hydrogen-bond acceptors (Lipinski definition) is 6. The van der Waals surface area contributed by atoms with E-state index in [1.807, 2.05) is 0 Å². The Morgan fingerprint density at radius 2 is 1.92 bits per heavy atom. The highest BCUT2D eigenvalue weighted by Crippen LogP contribution is 2.35. The third kappa shape index (κ3) is 5.26. The van der Waals surface area contributed by atoms with Crippen molar-refractivity contribution < 1.29 is 23.9 Å². The summed E-state index contributed by atoms with van der Waals surface area (Å²) < 4.78 is 10.0. The van der Waals surface area contributed by atoms with Gasteiger partial charge in [0, 0.05) is 34.5 Å². The van der Waals surface area contributed by atoms with Gasteiger partial charge < -0.3 is 20.1 Å². The van der Waals surface area contributed by atoms with Crippen molar-refractivity contribution in [2.45, 2.75) is 17.8 Å². The van der Waals surface area contributed by atoms with Crippen molar-refractivity contribution in [1.82, 2.24) is 5.32 Å². The predicted octanol–water partition coefficient (Wildman–Crippen LogP) is 2.46. The molecule has 1 aliphatic rings. The number of ether oxygens (including phenoxy) is 2. The average molecular weight is 421 g/mol. The fourth-order valence-electron chi connectivity index (χ4n) is 2.27. The molecule has 1 atom stereocenters. The summed E-state index contributed by atoms with van der Waals surface area (Å²) in [7, 11) is 1.30. The number of carbonyl (C=O) groups is 3. The van der Waals surface area contributed by atoms with Gasteiger partial charge in [-0.2, -0.15) is 0 Å². The van der Waals surface area contributed by atoms with E-state index in [1.165, 1.54) is 25.3 Å². The molecule has 1 unspecified atom stereocenters. The third-order valence-corrected chi connectivity index (χ3v) is 5.19. The lowest BCUT2D eigenvalue weighted by Gasteiger charge is -2.25. The Morgan fingerprint density at radius 3 is 2.50 bits per heavy atom. The van der Waals surface area contributed by atoms with Gasteiger partial charge in [0.05, 0.1) is 13.7 Å². The molecule has 0 aliphatic carbocycles. The minimum absolute atomic E-state index is 0.172. The smallest absolute Gasteiger partial charge is 0.305 e. The van der Waals surface area contributed by atoms with Crippen molar-refractivity contribution >= 4 is 58.4 Å². The highest BCUT2D eigenvalue weighted by molar-refractivity contribution is 8.02. The molecule has 1 aromatic rings. The van der Waals surface area contributed by atoms with Gasteiger partial charge in [0.25, 0.3) is 16.7 Å². The summed E-state index contributed by atoms with van der Waals surface area (Å²) in [5.74, 6) is -1.06. The van der Waals surface area contributed by atoms with E-state index in [-0.39, 0.29) is 25.5 Å². The number of methoxy groups -OCH3 is 1. The molecule has 1 fully saturated rings. The lowest BCUT2D eigenvalue weighted by atomic mass is 10.2. The molecule has 2 rings (SSSR count). The number of amides is 2. The van der Waals surface area contributed by atoms with Crippen LogP contribution in [0, 0.1) is 0 Å². The molecule has 1 aromatic carbocycles. The predicted molar refractivity (Wildman–Crippen MR) is 100 cm³/mol. The van der Waals surface area contributed by atoms with Gasteiger partial charge in [-0.3, -0.25) is 14.4 Å². The second kappa shape index (κ2) is 9.45. The second-order valence-electron chi connectivity index (χ2n) is 5.36. The lowest BCUT2D eigenvalue weighted by Crippen LogP contribution is -2.52. The van der Waals surface area contributed by atoms with Crippen LogP contribution >= 0.6 is 35.0 Å². The fourth-order valence-corrected chi connectivity index (χ4v) is 3.80. The van der Waals surface area contributed by atoms with Gasteiger partial charge in [0.1, 0.15) is 0 Å². The van der Waals surface area contributed by atoms with E-state index in [0.717, 1.165) is 11.8 Å². The van der Waals surface area contributed by atoms with Gasteiger partial charge in [0.15, 0.2) is 0 Å². The van der Waals surface area contributed by atoms with Crippen LogP contribution in [0.15, 0.2) is 18.2 Å². The molecule has 0 saturated carbocycles. The normalized spacial score (nSPS) is 19.0. The molecule has 1 heterocycles. The molecule has 0 aromatic heterocycles. The van der Waals surface area contributed by atoms with Crippen molar-refractivity contribution in [2.75, 3.05) is 31.3 Å². The van der Waals surface area contributed by atoms with Gasteiger partial charge in [-0.25, -0.2) is 0 Å². The van der Waals surface area contributed by atoms with Crippen LogP contribution in [0.3, 0.4) is 0 Å². The first-order chi connectivity index (χ1) is 12.4. The number of rotatable bonds is 7. The van der Waals surface area contributed by atoms with E-state index < -0.39 is 16.7 Å². The molecule has 1 saturated heterocycles. The Morgan fingerprint density at radius 1 is 1.23 bits per heavy atom. The van der Waals surface area contributed by atoms with Gasteiger partial charge in [-0.1, -0.05) is 23.2 Å². The summed E-state index contributed by atoms with van der Waals surface area (Å²) in [5.41, 5.74) is 0.362. The Bertz CT molecular complexity index is 675. The van der Waals surface area contributed by atoms with Gasteiger partial charge in [-0.15, -0.1) is 11.8 Å². The maximum atomic E-state index is 12.7. The topological polar surface area (TPSA) is 93.7 Å². The first kappa shape index (κ1) is 20.8. The zero-order chi connectivity index (χ0) is 19.2. The van der Waals surface area contributed by atoms with Crippen LogP contribution in [-0.2, 0) is 23.9 Å². The van der Waals surface area contributed by atoms with Gasteiger partial charge >= 0.3 is 5.97 Å². The molecule has 26 heavy (non-hydrogen) atoms. The lowest BCUT2D eigenvalue weighted by molar-refractivity contribution is -0.145. The summed E-state index contributed by atoms with van der Waals surface area (Å²) >= 11 is 12.9. The van der Waals surface area contributed by atoms with Gasteiger partial charge in [0.2, 0.25) is 0 Å². The molecule has 0 radical (unpaired) electrons. The molecule has 7 nitrogen and oxygen atoms in total. The highest BCUT2D eigenvalue weighted by Gasteiger charge is 2.51. The molecular weight excluding hydrogens is 403 g/mol. The zero-order valence-electron chi connectivity index (χ0n) is 14.0. The third-order valence-electron chi connectivity index (χ3n) is 3.48. The summed E-state index contributed by atoms with van der Waals surface area (Å²) in [5, 5.41) is 5.96. The average Bonchev–Trinajstić information content (AvgIpc) is 3.08. The molecule has 2 N–H and O–H groups in total. The molecular formula is C16H18Cl2N2O5S. The maximum Gasteiger partial charge on any atom is 0.305 e. The van der Waals surface area contributed by atoms with Crippen LogP contribution in [0.5, 0.6) is 0 Å². The number of nitrogens with one attached hydrogen (secondary N) is 2. The summed E-state index contributed by atoms with van der Waals surface area (Å²) in [6.45, 7) is 0.486. The molecule has 142 valence electrons. The first-order valence-electron chi connectivity index (χ1n) is 7.78. The molecule has 1 aliphatic heterocycles. The van der Waals surface area contributed by atoms with Crippen molar-refractivity contribution in [3.05, 3.63) is 28.2 Å². The number of carbonyl (C=O) groups excluding carboxylic acids is 3. The van der Waals surface area contributed by atoms with Gasteiger partial charge in [-0.05, 0) is 24.6 Å². The minimum atomic E-state index is -1.69. The standard InChI is InChI=1S/C16H18Cl2N2O5S/c1-24-13(21)3-2-4-19-14(22)16(25-5-6-26-16)15(23)20-12-8-10(17)7-11(18)9-12/h7-9H,2-6H2,1H3,(H,19,22)(H,20,23). The Hall–Kier alpha value is -1.48. The van der Waals surface area contributed by atoms with E-state index in [0.29, 0.717) is 27.9 Å². The maximum absolute atomic E-state index is 12.7. The van der Waals surface area contributed by atoms with Crippen LogP contribution in [0.1, 0.15) is 12.8 Å². The first-order valence-corrected chi connectivity index (χ1v) is 9.52. The van der Waals surface area contributed by atoms with Crippen LogP contribution in [-0.4, -0.2) is 48.7 Å². The molecule has 0 spiro atoms. The number of thioether (sulfide) groups is 1. The number of anilines is 1. The fraction of sp³-hybridized carbons (Fsp3) is 0.438. The van der Waals surface area contributed by atoms with E-state index in [4.69, 9.17) is 27.9 Å². The Balaban J connectivity index is 2.02. The Kier molecular flexibility index (Phi) is 7.57. The quantitative estimate of drug-likeness (QED) is 0.399. The van der Waals surface area contributed by atoms with Crippen molar-refractivity contribution in [1.29, 1.82) is 0 Å². The number of benzene rings is 1. The van der Waals surface area contributed by atoms with E-state index in [2.05, 4.69) is 15.4 Å². The summed E-state index contributed by atoms with van der Waals surface area (Å²) in [6.07, 6.45) is 0.565. The molecule has 0 bridgehead atoms. The van der Waals surface area contributed by atoms with E-state index in [1.54, 1.807) is 0 Å². The zero-order valence-corrected chi connectivity index (χ0v) is 16.3. The monoisotopic (exact) mass is 420 g/mol. The van der Waals surface area contributed by atoms with Crippen LogP contribution in [0.2, 0.25) is 10.0 Å². The van der Waals surface area contributed by atoms with Crippen molar-refractivity contribution in [3.63, 3.8) is 0 Å². The summed E-state index contributed by atoms with van der Waals surface area (Å²) in [6, 6.07) is 4.57. The largest absolute Gasteiger partial charge is 0.469 e. The van der Waals surface area contributed by atoms with Crippen LogP contribution in [0.25, 0.3) is 0 Å². The number of halogens is 2. The van der Waals surface area contributed by atoms with Crippen LogP contribution < -0.4 is 10.6 Å². The van der Waals surface area contributed by atoms with E-state index in [9.17, 15) is 14.4 Å².